The molecule has 3 nitrogen and oxygen atoms in total. The third kappa shape index (κ3) is 3.39. The maximum absolute atomic E-state index is 12.0. The first-order valence-electron chi connectivity index (χ1n) is 13.7. The van der Waals surface area contributed by atoms with Gasteiger partial charge in [0.2, 0.25) is 0 Å². The second-order valence-corrected chi connectivity index (χ2v) is 10.4. The first kappa shape index (κ1) is 23.4. The Morgan fingerprint density at radius 1 is 0.390 bits per heavy atom. The minimum Gasteiger partial charge on any atom is -0.258 e. The molecule has 0 aliphatic heterocycles. The topological polar surface area (TPSA) is 43.1 Å². The standard InChI is InChI=1S/C38H23NO2/c40-39(41)33-21-10-9-16-27(33)26-22-23-32-36-28(26)19-11-20-31(36)37-34(24-12-3-1-4-13-24)29-17-7-8-18-30(29)35(38(32)37)25-14-5-2-6-15-25/h1-23H. The van der Waals surface area contributed by atoms with Gasteiger partial charge in [0.25, 0.3) is 5.69 Å². The molecule has 7 aromatic rings. The van der Waals surface area contributed by atoms with Gasteiger partial charge in [0.05, 0.1) is 10.5 Å². The molecule has 0 N–H and O–H groups in total. The number of para-hydroxylation sites is 1. The zero-order valence-corrected chi connectivity index (χ0v) is 22.0. The van der Waals surface area contributed by atoms with Crippen molar-refractivity contribution in [2.45, 2.75) is 0 Å². The van der Waals surface area contributed by atoms with Crippen molar-refractivity contribution in [3.8, 4) is 55.6 Å². The normalized spacial score (nSPS) is 11.6. The van der Waals surface area contributed by atoms with Crippen LogP contribution in [-0.2, 0) is 0 Å². The van der Waals surface area contributed by atoms with E-state index < -0.39 is 0 Å². The van der Waals surface area contributed by atoms with Gasteiger partial charge in [-0.15, -0.1) is 0 Å². The van der Waals surface area contributed by atoms with Crippen molar-refractivity contribution in [1.29, 1.82) is 0 Å². The molecule has 0 unspecified atom stereocenters. The second-order valence-electron chi connectivity index (χ2n) is 10.4. The van der Waals surface area contributed by atoms with E-state index in [2.05, 4.69) is 115 Å². The van der Waals surface area contributed by atoms with E-state index in [4.69, 9.17) is 0 Å². The summed E-state index contributed by atoms with van der Waals surface area (Å²) >= 11 is 0. The van der Waals surface area contributed by atoms with E-state index in [0.29, 0.717) is 5.56 Å². The molecule has 0 heterocycles. The maximum atomic E-state index is 12.0. The largest absolute Gasteiger partial charge is 0.277 e. The Bertz CT molecular complexity index is 2070. The zero-order valence-electron chi connectivity index (χ0n) is 22.0. The van der Waals surface area contributed by atoms with Crippen LogP contribution in [0.2, 0.25) is 0 Å². The molecule has 1 aliphatic carbocycles. The molecule has 0 amide bonds. The van der Waals surface area contributed by atoms with Gasteiger partial charge in [-0.1, -0.05) is 127 Å². The van der Waals surface area contributed by atoms with E-state index in [-0.39, 0.29) is 10.6 Å². The summed E-state index contributed by atoms with van der Waals surface area (Å²) in [6.07, 6.45) is 0. The average Bonchev–Trinajstić information content (AvgIpc) is 3.36. The third-order valence-electron chi connectivity index (χ3n) is 8.31. The zero-order chi connectivity index (χ0) is 27.5. The molecule has 7 aromatic carbocycles. The van der Waals surface area contributed by atoms with Crippen LogP contribution in [0, 0.1) is 10.1 Å². The Labute approximate surface area is 237 Å². The maximum Gasteiger partial charge on any atom is 0.277 e. The van der Waals surface area contributed by atoms with Crippen LogP contribution in [0.3, 0.4) is 0 Å². The molecule has 0 radical (unpaired) electrons. The Balaban J connectivity index is 1.57. The van der Waals surface area contributed by atoms with Crippen molar-refractivity contribution in [3.63, 3.8) is 0 Å². The van der Waals surface area contributed by atoms with Crippen molar-refractivity contribution in [2.75, 3.05) is 0 Å². The van der Waals surface area contributed by atoms with Crippen molar-refractivity contribution in [1.82, 2.24) is 0 Å². The number of benzene rings is 7. The van der Waals surface area contributed by atoms with Gasteiger partial charge in [-0.2, -0.15) is 0 Å². The summed E-state index contributed by atoms with van der Waals surface area (Å²) in [5.41, 5.74) is 11.1. The Morgan fingerprint density at radius 2 is 0.854 bits per heavy atom. The summed E-state index contributed by atoms with van der Waals surface area (Å²) < 4.78 is 0. The highest BCUT2D eigenvalue weighted by atomic mass is 16.6. The molecule has 8 rings (SSSR count). The highest BCUT2D eigenvalue weighted by Crippen LogP contribution is 2.58. The fourth-order valence-corrected chi connectivity index (χ4v) is 6.71. The molecule has 41 heavy (non-hydrogen) atoms. The highest BCUT2D eigenvalue weighted by Gasteiger charge is 2.31. The Hall–Kier alpha value is -5.54. The van der Waals surface area contributed by atoms with Crippen molar-refractivity contribution < 1.29 is 4.92 Å². The summed E-state index contributed by atoms with van der Waals surface area (Å²) in [6.45, 7) is 0. The fraction of sp³-hybridized carbons (Fsp3) is 0. The van der Waals surface area contributed by atoms with Gasteiger partial charge in [0.15, 0.2) is 0 Å². The number of hydrogen-bond donors (Lipinski definition) is 0. The van der Waals surface area contributed by atoms with Gasteiger partial charge in [0, 0.05) is 6.07 Å². The van der Waals surface area contributed by atoms with E-state index in [1.54, 1.807) is 12.1 Å². The number of hydrogen-bond acceptors (Lipinski definition) is 2. The summed E-state index contributed by atoms with van der Waals surface area (Å²) in [7, 11) is 0. The van der Waals surface area contributed by atoms with Gasteiger partial charge in [0.1, 0.15) is 0 Å². The summed E-state index contributed by atoms with van der Waals surface area (Å²) in [5, 5.41) is 16.6. The number of nitro benzene ring substituents is 1. The molecule has 1 aliphatic rings. The van der Waals surface area contributed by atoms with Crippen LogP contribution in [0.4, 0.5) is 5.69 Å². The first-order chi connectivity index (χ1) is 20.2. The van der Waals surface area contributed by atoms with E-state index in [0.717, 1.165) is 27.5 Å². The summed E-state index contributed by atoms with van der Waals surface area (Å²) in [6, 6.07) is 47.6. The van der Waals surface area contributed by atoms with Gasteiger partial charge in [-0.3, -0.25) is 10.1 Å². The number of rotatable bonds is 4. The monoisotopic (exact) mass is 525 g/mol. The quantitative estimate of drug-likeness (QED) is 0.169. The van der Waals surface area contributed by atoms with Gasteiger partial charge in [-0.05, 0) is 77.7 Å². The number of nitrogens with zero attached hydrogens (tertiary/aromatic N) is 1. The molecule has 0 saturated heterocycles. The lowest BCUT2D eigenvalue weighted by atomic mass is 9.82. The average molecular weight is 526 g/mol. The molecule has 0 saturated carbocycles. The molecule has 0 atom stereocenters. The van der Waals surface area contributed by atoms with Crippen LogP contribution in [0.5, 0.6) is 0 Å². The number of fused-ring (bicyclic) bond motifs is 4. The molecule has 0 fully saturated rings. The van der Waals surface area contributed by atoms with Crippen molar-refractivity contribution in [3.05, 3.63) is 150 Å². The molecule has 192 valence electrons. The molecule has 0 bridgehead atoms. The van der Waals surface area contributed by atoms with E-state index >= 15 is 0 Å². The van der Waals surface area contributed by atoms with Crippen LogP contribution in [0.25, 0.3) is 77.2 Å². The molecule has 0 spiro atoms. The second kappa shape index (κ2) is 9.00. The lowest BCUT2D eigenvalue weighted by Gasteiger charge is -2.20. The van der Waals surface area contributed by atoms with E-state index in [1.165, 1.54) is 44.2 Å². The van der Waals surface area contributed by atoms with Crippen molar-refractivity contribution in [2.24, 2.45) is 0 Å². The Kier molecular flexibility index (Phi) is 5.13. The first-order valence-corrected chi connectivity index (χ1v) is 13.7. The third-order valence-corrected chi connectivity index (χ3v) is 8.31. The van der Waals surface area contributed by atoms with Crippen LogP contribution < -0.4 is 0 Å². The molecule has 0 aromatic heterocycles. The van der Waals surface area contributed by atoms with Crippen LogP contribution in [-0.4, -0.2) is 4.92 Å². The van der Waals surface area contributed by atoms with Gasteiger partial charge >= 0.3 is 0 Å². The smallest absolute Gasteiger partial charge is 0.258 e. The van der Waals surface area contributed by atoms with E-state index in [9.17, 15) is 10.1 Å². The minimum absolute atomic E-state index is 0.115. The summed E-state index contributed by atoms with van der Waals surface area (Å²) in [5.74, 6) is 0. The predicted octanol–water partition coefficient (Wildman–Crippen LogP) is 10.5. The van der Waals surface area contributed by atoms with Crippen molar-refractivity contribution >= 4 is 27.2 Å². The SMILES string of the molecule is O=[N+]([O-])c1ccccc1-c1ccc2c3c(cccc13)-c1c-2c(-c2ccccc2)c2ccccc2c1-c1ccccc1. The van der Waals surface area contributed by atoms with Crippen LogP contribution in [0.1, 0.15) is 0 Å². The summed E-state index contributed by atoms with van der Waals surface area (Å²) in [4.78, 5) is 11.7. The van der Waals surface area contributed by atoms with Gasteiger partial charge < -0.3 is 0 Å². The molecular formula is C38H23NO2. The number of nitro groups is 1. The van der Waals surface area contributed by atoms with Gasteiger partial charge in [-0.25, -0.2) is 0 Å². The lowest BCUT2D eigenvalue weighted by Crippen LogP contribution is -1.93. The highest BCUT2D eigenvalue weighted by molar-refractivity contribution is 6.28. The molecular weight excluding hydrogens is 502 g/mol. The van der Waals surface area contributed by atoms with Crippen LogP contribution in [0.15, 0.2) is 140 Å². The minimum atomic E-state index is -0.291. The van der Waals surface area contributed by atoms with Crippen LogP contribution >= 0.6 is 0 Å². The predicted molar refractivity (Wildman–Crippen MR) is 169 cm³/mol. The fourth-order valence-electron chi connectivity index (χ4n) is 6.71. The van der Waals surface area contributed by atoms with E-state index in [1.807, 2.05) is 12.1 Å². The Morgan fingerprint density at radius 3 is 1.46 bits per heavy atom. The molecule has 3 heteroatoms. The lowest BCUT2D eigenvalue weighted by molar-refractivity contribution is -0.384.